The van der Waals surface area contributed by atoms with E-state index in [9.17, 15) is 4.79 Å². The number of alkyl halides is 1. The third-order valence-corrected chi connectivity index (χ3v) is 2.42. The van der Waals surface area contributed by atoms with Crippen LogP contribution < -0.4 is 0 Å². The van der Waals surface area contributed by atoms with Gasteiger partial charge in [-0.15, -0.1) is 0 Å². The zero-order chi connectivity index (χ0) is 10.6. The topological polar surface area (TPSA) is 44.1 Å². The molecule has 0 aromatic carbocycles. The maximum absolute atomic E-state index is 11.3. The van der Waals surface area contributed by atoms with Gasteiger partial charge in [0.1, 0.15) is 0 Å². The second kappa shape index (κ2) is 5.14. The summed E-state index contributed by atoms with van der Waals surface area (Å²) in [6.07, 6.45) is 3.67. The first-order valence-corrected chi connectivity index (χ1v) is 5.48. The average Bonchev–Trinajstić information content (AvgIpc) is 2.55. The summed E-state index contributed by atoms with van der Waals surface area (Å²) in [7, 11) is 3.16. The molecule has 1 aromatic rings. The first-order chi connectivity index (χ1) is 6.69. The van der Waals surface area contributed by atoms with E-state index < -0.39 is 0 Å². The van der Waals surface area contributed by atoms with Gasteiger partial charge >= 0.3 is 5.97 Å². The fourth-order valence-electron chi connectivity index (χ4n) is 1.25. The molecule has 1 heterocycles. The molecule has 14 heavy (non-hydrogen) atoms. The molecule has 1 rings (SSSR count). The highest BCUT2D eigenvalue weighted by molar-refractivity contribution is 9.09. The number of aromatic nitrogens is 2. The molecule has 0 radical (unpaired) electrons. The normalized spacial score (nSPS) is 10.2. The Morgan fingerprint density at radius 3 is 3.00 bits per heavy atom. The Hall–Kier alpha value is -0.840. The van der Waals surface area contributed by atoms with E-state index in [1.165, 1.54) is 7.11 Å². The van der Waals surface area contributed by atoms with Crippen LogP contribution in [-0.4, -0.2) is 28.2 Å². The summed E-state index contributed by atoms with van der Waals surface area (Å²) in [6.45, 7) is 0. The minimum absolute atomic E-state index is 0.366. The van der Waals surface area contributed by atoms with Gasteiger partial charge in [0, 0.05) is 24.1 Å². The van der Waals surface area contributed by atoms with Gasteiger partial charge in [-0.1, -0.05) is 15.9 Å². The minimum Gasteiger partial charge on any atom is -0.464 e. The van der Waals surface area contributed by atoms with Crippen molar-refractivity contribution in [2.75, 3.05) is 12.4 Å². The summed E-state index contributed by atoms with van der Waals surface area (Å²) < 4.78 is 6.28. The lowest BCUT2D eigenvalue weighted by Gasteiger charge is -1.98. The number of aryl methyl sites for hydroxylation is 2. The summed E-state index contributed by atoms with van der Waals surface area (Å²) in [5.41, 5.74) is 1.37. The molecular formula is C9H13BrN2O2. The van der Waals surface area contributed by atoms with E-state index in [-0.39, 0.29) is 5.97 Å². The first kappa shape index (κ1) is 11.2. The number of methoxy groups -OCH3 is 1. The highest BCUT2D eigenvalue weighted by atomic mass is 79.9. The molecule has 0 saturated heterocycles. The molecule has 1 aromatic heterocycles. The van der Waals surface area contributed by atoms with Crippen molar-refractivity contribution in [2.45, 2.75) is 12.8 Å². The van der Waals surface area contributed by atoms with Gasteiger partial charge in [0.15, 0.2) is 5.69 Å². The van der Waals surface area contributed by atoms with Gasteiger partial charge in [0.2, 0.25) is 0 Å². The number of halogens is 1. The molecular weight excluding hydrogens is 248 g/mol. The van der Waals surface area contributed by atoms with Crippen LogP contribution in [0.3, 0.4) is 0 Å². The van der Waals surface area contributed by atoms with Crippen LogP contribution in [0.25, 0.3) is 0 Å². The van der Waals surface area contributed by atoms with Crippen LogP contribution in [0.15, 0.2) is 6.20 Å². The van der Waals surface area contributed by atoms with Gasteiger partial charge in [-0.3, -0.25) is 4.68 Å². The Kier molecular flexibility index (Phi) is 4.13. The number of rotatable bonds is 4. The standard InChI is InChI=1S/C9H13BrN2O2/c1-12-6-7(4-3-5-10)8(11-12)9(13)14-2/h6H,3-5H2,1-2H3. The van der Waals surface area contributed by atoms with E-state index in [0.29, 0.717) is 5.69 Å². The van der Waals surface area contributed by atoms with Crippen LogP contribution in [-0.2, 0) is 18.2 Å². The van der Waals surface area contributed by atoms with Crippen LogP contribution >= 0.6 is 15.9 Å². The van der Waals surface area contributed by atoms with Gasteiger partial charge in [-0.05, 0) is 12.8 Å². The van der Waals surface area contributed by atoms with Crippen LogP contribution in [0.2, 0.25) is 0 Å². The van der Waals surface area contributed by atoms with Crippen molar-refractivity contribution in [2.24, 2.45) is 7.05 Å². The van der Waals surface area contributed by atoms with Gasteiger partial charge in [0.05, 0.1) is 7.11 Å². The van der Waals surface area contributed by atoms with Gasteiger partial charge in [-0.25, -0.2) is 4.79 Å². The zero-order valence-corrected chi connectivity index (χ0v) is 9.87. The zero-order valence-electron chi connectivity index (χ0n) is 8.29. The summed E-state index contributed by atoms with van der Waals surface area (Å²) in [6, 6.07) is 0. The Balaban J connectivity index is 2.85. The number of carbonyl (C=O) groups excluding carboxylic acids is 1. The van der Waals surface area contributed by atoms with Crippen LogP contribution in [0, 0.1) is 0 Å². The first-order valence-electron chi connectivity index (χ1n) is 4.36. The quantitative estimate of drug-likeness (QED) is 0.610. The molecule has 0 bridgehead atoms. The molecule has 5 heteroatoms. The monoisotopic (exact) mass is 260 g/mol. The van der Waals surface area contributed by atoms with E-state index in [4.69, 9.17) is 0 Å². The molecule has 0 aliphatic rings. The molecule has 0 fully saturated rings. The fourth-order valence-corrected chi connectivity index (χ4v) is 1.53. The third kappa shape index (κ3) is 2.57. The van der Waals surface area contributed by atoms with Crippen molar-refractivity contribution in [1.82, 2.24) is 9.78 Å². The van der Waals surface area contributed by atoms with Crippen LogP contribution in [0.4, 0.5) is 0 Å². The van der Waals surface area contributed by atoms with Gasteiger partial charge in [0.25, 0.3) is 0 Å². The second-order valence-electron chi connectivity index (χ2n) is 2.96. The van der Waals surface area contributed by atoms with E-state index >= 15 is 0 Å². The lowest BCUT2D eigenvalue weighted by molar-refractivity contribution is 0.0592. The predicted octanol–water partition coefficient (Wildman–Crippen LogP) is 1.53. The Bertz CT molecular complexity index is 323. The molecule has 0 unspecified atom stereocenters. The van der Waals surface area contributed by atoms with Crippen molar-refractivity contribution in [3.8, 4) is 0 Å². The second-order valence-corrected chi connectivity index (χ2v) is 3.75. The number of hydrogen-bond donors (Lipinski definition) is 0. The Morgan fingerprint density at radius 1 is 1.71 bits per heavy atom. The molecule has 0 amide bonds. The van der Waals surface area contributed by atoms with E-state index in [0.717, 1.165) is 23.7 Å². The number of nitrogens with zero attached hydrogens (tertiary/aromatic N) is 2. The lowest BCUT2D eigenvalue weighted by Crippen LogP contribution is -2.06. The molecule has 0 atom stereocenters. The predicted molar refractivity (Wildman–Crippen MR) is 56.7 cm³/mol. The Morgan fingerprint density at radius 2 is 2.43 bits per heavy atom. The molecule has 0 N–H and O–H groups in total. The Labute approximate surface area is 91.4 Å². The summed E-state index contributed by atoms with van der Waals surface area (Å²) in [5, 5.41) is 4.98. The number of ether oxygens (including phenoxy) is 1. The highest BCUT2D eigenvalue weighted by Gasteiger charge is 2.15. The molecule has 4 nitrogen and oxygen atoms in total. The fraction of sp³-hybridized carbons (Fsp3) is 0.556. The number of esters is 1. The van der Waals surface area contributed by atoms with Crippen molar-refractivity contribution < 1.29 is 9.53 Å². The molecule has 0 aliphatic carbocycles. The van der Waals surface area contributed by atoms with Crippen LogP contribution in [0.1, 0.15) is 22.5 Å². The van der Waals surface area contributed by atoms with Gasteiger partial charge in [-0.2, -0.15) is 5.10 Å². The highest BCUT2D eigenvalue weighted by Crippen LogP contribution is 2.10. The van der Waals surface area contributed by atoms with Gasteiger partial charge < -0.3 is 4.74 Å². The van der Waals surface area contributed by atoms with E-state index in [2.05, 4.69) is 25.8 Å². The lowest BCUT2D eigenvalue weighted by atomic mass is 10.1. The summed E-state index contributed by atoms with van der Waals surface area (Å²) in [4.78, 5) is 11.3. The van der Waals surface area contributed by atoms with Crippen molar-refractivity contribution >= 4 is 21.9 Å². The SMILES string of the molecule is COC(=O)c1nn(C)cc1CCCBr. The van der Waals surface area contributed by atoms with E-state index in [1.807, 2.05) is 6.20 Å². The smallest absolute Gasteiger partial charge is 0.358 e. The summed E-state index contributed by atoms with van der Waals surface area (Å²) in [5.74, 6) is -0.366. The third-order valence-electron chi connectivity index (χ3n) is 1.86. The minimum atomic E-state index is -0.366. The summed E-state index contributed by atoms with van der Waals surface area (Å²) >= 11 is 3.35. The largest absolute Gasteiger partial charge is 0.464 e. The molecule has 0 saturated carbocycles. The maximum Gasteiger partial charge on any atom is 0.358 e. The molecule has 0 spiro atoms. The van der Waals surface area contributed by atoms with E-state index in [1.54, 1.807) is 11.7 Å². The van der Waals surface area contributed by atoms with Crippen molar-refractivity contribution in [3.63, 3.8) is 0 Å². The maximum atomic E-state index is 11.3. The number of hydrogen-bond acceptors (Lipinski definition) is 3. The number of carbonyl (C=O) groups is 1. The average molecular weight is 261 g/mol. The molecule has 78 valence electrons. The van der Waals surface area contributed by atoms with Crippen molar-refractivity contribution in [1.29, 1.82) is 0 Å². The molecule has 0 aliphatic heterocycles. The van der Waals surface area contributed by atoms with Crippen LogP contribution in [0.5, 0.6) is 0 Å². The van der Waals surface area contributed by atoms with Crippen molar-refractivity contribution in [3.05, 3.63) is 17.5 Å².